The molecule has 0 bridgehead atoms. The van der Waals surface area contributed by atoms with E-state index in [2.05, 4.69) is 33.2 Å². The number of thiophene rings is 1. The topological polar surface area (TPSA) is 76.5 Å². The fraction of sp³-hybridized carbons (Fsp3) is 0.176. The van der Waals surface area contributed by atoms with E-state index in [-0.39, 0.29) is 5.56 Å². The van der Waals surface area contributed by atoms with Crippen LogP contribution in [0.5, 0.6) is 0 Å². The van der Waals surface area contributed by atoms with Crippen molar-refractivity contribution >= 4 is 33.3 Å². The molecule has 126 valence electrons. The third-order valence-electron chi connectivity index (χ3n) is 3.85. The molecule has 8 heteroatoms. The van der Waals surface area contributed by atoms with Gasteiger partial charge in [-0.3, -0.25) is 9.36 Å². The number of nitrogens with zero attached hydrogens (tertiary/aromatic N) is 4. The number of aryl methyl sites for hydroxylation is 2. The van der Waals surface area contributed by atoms with Gasteiger partial charge in [-0.05, 0) is 36.9 Å². The number of thioether (sulfide) groups is 1. The summed E-state index contributed by atoms with van der Waals surface area (Å²) >= 11 is 2.91. The van der Waals surface area contributed by atoms with Crippen LogP contribution in [-0.2, 0) is 5.75 Å². The van der Waals surface area contributed by atoms with E-state index >= 15 is 0 Å². The van der Waals surface area contributed by atoms with Crippen molar-refractivity contribution in [3.63, 3.8) is 0 Å². The third kappa shape index (κ3) is 2.98. The standard InChI is InChI=1S/C17H15N5OS2/c1-10-5-3-4-6-13(10)22-11(2)20-21-17(22)25-9-14-18-12-7-8-24-15(12)16(23)19-14/h3-8H,9H2,1-2H3,(H,18,19,23). The molecule has 0 unspecified atom stereocenters. The van der Waals surface area contributed by atoms with Gasteiger partial charge in [0.1, 0.15) is 16.3 Å². The summed E-state index contributed by atoms with van der Waals surface area (Å²) in [5, 5.41) is 11.1. The molecule has 0 saturated heterocycles. The SMILES string of the molecule is Cc1ccccc1-n1c(C)nnc1SCc1nc2ccsc2c(=O)[nH]1. The highest BCUT2D eigenvalue weighted by Crippen LogP contribution is 2.26. The second kappa shape index (κ2) is 6.45. The summed E-state index contributed by atoms with van der Waals surface area (Å²) in [6.07, 6.45) is 0. The first-order valence-electron chi connectivity index (χ1n) is 7.70. The first-order valence-corrected chi connectivity index (χ1v) is 9.57. The predicted molar refractivity (Wildman–Crippen MR) is 101 cm³/mol. The summed E-state index contributed by atoms with van der Waals surface area (Å²) in [5.74, 6) is 1.98. The molecule has 0 spiro atoms. The molecule has 25 heavy (non-hydrogen) atoms. The average molecular weight is 369 g/mol. The van der Waals surface area contributed by atoms with Crippen molar-refractivity contribution in [2.75, 3.05) is 0 Å². The molecule has 4 aromatic rings. The maximum Gasteiger partial charge on any atom is 0.268 e. The van der Waals surface area contributed by atoms with Crippen LogP contribution in [0.4, 0.5) is 0 Å². The van der Waals surface area contributed by atoms with E-state index in [4.69, 9.17) is 0 Å². The molecule has 0 amide bonds. The van der Waals surface area contributed by atoms with Crippen molar-refractivity contribution in [3.05, 3.63) is 63.3 Å². The van der Waals surface area contributed by atoms with E-state index in [0.29, 0.717) is 16.3 Å². The molecule has 0 aliphatic rings. The van der Waals surface area contributed by atoms with Crippen LogP contribution in [-0.4, -0.2) is 24.7 Å². The van der Waals surface area contributed by atoms with Crippen LogP contribution in [0.3, 0.4) is 0 Å². The minimum atomic E-state index is -0.0906. The molecule has 0 atom stereocenters. The number of benzene rings is 1. The van der Waals surface area contributed by atoms with E-state index < -0.39 is 0 Å². The summed E-state index contributed by atoms with van der Waals surface area (Å²) < 4.78 is 2.69. The second-order valence-electron chi connectivity index (χ2n) is 5.59. The summed E-state index contributed by atoms with van der Waals surface area (Å²) in [6, 6.07) is 9.99. The number of nitrogens with one attached hydrogen (secondary N) is 1. The lowest BCUT2D eigenvalue weighted by atomic mass is 10.2. The van der Waals surface area contributed by atoms with Crippen molar-refractivity contribution in [3.8, 4) is 5.69 Å². The molecule has 3 aromatic heterocycles. The number of H-pyrrole nitrogens is 1. The lowest BCUT2D eigenvalue weighted by Gasteiger charge is -2.10. The van der Waals surface area contributed by atoms with Crippen molar-refractivity contribution in [1.82, 2.24) is 24.7 Å². The smallest absolute Gasteiger partial charge is 0.268 e. The zero-order valence-corrected chi connectivity index (χ0v) is 15.3. The molecule has 3 heterocycles. The van der Waals surface area contributed by atoms with Gasteiger partial charge in [0, 0.05) is 0 Å². The van der Waals surface area contributed by atoms with Crippen molar-refractivity contribution < 1.29 is 0 Å². The molecular weight excluding hydrogens is 354 g/mol. The molecule has 0 aliphatic heterocycles. The molecule has 0 radical (unpaired) electrons. The van der Waals surface area contributed by atoms with E-state index in [1.165, 1.54) is 23.1 Å². The Kier molecular flexibility index (Phi) is 4.14. The number of hydrogen-bond acceptors (Lipinski definition) is 6. The molecule has 1 aromatic carbocycles. The van der Waals surface area contributed by atoms with E-state index in [1.54, 1.807) is 0 Å². The largest absolute Gasteiger partial charge is 0.309 e. The van der Waals surface area contributed by atoms with Gasteiger partial charge in [-0.2, -0.15) is 0 Å². The minimum Gasteiger partial charge on any atom is -0.309 e. The van der Waals surface area contributed by atoms with Crippen molar-refractivity contribution in [1.29, 1.82) is 0 Å². The number of para-hydroxylation sites is 1. The van der Waals surface area contributed by atoms with Crippen LogP contribution in [0.2, 0.25) is 0 Å². The van der Waals surface area contributed by atoms with E-state index in [9.17, 15) is 4.79 Å². The first-order chi connectivity index (χ1) is 12.1. The number of hydrogen-bond donors (Lipinski definition) is 1. The number of aromatic amines is 1. The maximum absolute atomic E-state index is 12.1. The van der Waals surface area contributed by atoms with Crippen LogP contribution in [0, 0.1) is 13.8 Å². The fourth-order valence-corrected chi connectivity index (χ4v) is 4.24. The number of fused-ring (bicyclic) bond motifs is 1. The quantitative estimate of drug-likeness (QED) is 0.557. The predicted octanol–water partition coefficient (Wildman–Crippen LogP) is 3.47. The second-order valence-corrected chi connectivity index (χ2v) is 7.45. The first kappa shape index (κ1) is 16.0. The number of aromatic nitrogens is 5. The summed E-state index contributed by atoms with van der Waals surface area (Å²) in [5.41, 5.74) is 2.86. The normalized spacial score (nSPS) is 11.3. The number of rotatable bonds is 4. The Bertz CT molecular complexity index is 1110. The lowest BCUT2D eigenvalue weighted by molar-refractivity contribution is 0.860. The Balaban J connectivity index is 1.65. The van der Waals surface area contributed by atoms with Gasteiger partial charge in [-0.15, -0.1) is 21.5 Å². The van der Waals surface area contributed by atoms with Gasteiger partial charge in [0.2, 0.25) is 0 Å². The van der Waals surface area contributed by atoms with Gasteiger partial charge >= 0.3 is 0 Å². The lowest BCUT2D eigenvalue weighted by Crippen LogP contribution is -2.09. The maximum atomic E-state index is 12.1. The summed E-state index contributed by atoms with van der Waals surface area (Å²) in [4.78, 5) is 19.4. The Labute approximate surface area is 152 Å². The van der Waals surface area contributed by atoms with Gasteiger partial charge < -0.3 is 4.98 Å². The van der Waals surface area contributed by atoms with Crippen LogP contribution >= 0.6 is 23.1 Å². The van der Waals surface area contributed by atoms with Crippen LogP contribution in [0.15, 0.2) is 45.7 Å². The minimum absolute atomic E-state index is 0.0906. The highest BCUT2D eigenvalue weighted by molar-refractivity contribution is 7.98. The molecule has 6 nitrogen and oxygen atoms in total. The molecule has 0 aliphatic carbocycles. The van der Waals surface area contributed by atoms with E-state index in [0.717, 1.165) is 27.7 Å². The molecule has 0 fully saturated rings. The van der Waals surface area contributed by atoms with Gasteiger partial charge in [-0.25, -0.2) is 4.98 Å². The van der Waals surface area contributed by atoms with Gasteiger partial charge in [0.25, 0.3) is 5.56 Å². The monoisotopic (exact) mass is 369 g/mol. The highest BCUT2D eigenvalue weighted by Gasteiger charge is 2.14. The Morgan fingerprint density at radius 2 is 2.04 bits per heavy atom. The van der Waals surface area contributed by atoms with Gasteiger partial charge in [-0.1, -0.05) is 30.0 Å². The molecule has 4 rings (SSSR count). The third-order valence-corrected chi connectivity index (χ3v) is 5.70. The molecule has 1 N–H and O–H groups in total. The zero-order chi connectivity index (χ0) is 17.4. The Morgan fingerprint density at radius 1 is 1.20 bits per heavy atom. The van der Waals surface area contributed by atoms with Gasteiger partial charge in [0.15, 0.2) is 5.16 Å². The van der Waals surface area contributed by atoms with Crippen LogP contribution in [0.1, 0.15) is 17.2 Å². The van der Waals surface area contributed by atoms with Crippen LogP contribution < -0.4 is 5.56 Å². The van der Waals surface area contributed by atoms with Crippen LogP contribution in [0.25, 0.3) is 15.9 Å². The Hall–Kier alpha value is -2.45. The summed E-state index contributed by atoms with van der Waals surface area (Å²) in [6.45, 7) is 3.99. The van der Waals surface area contributed by atoms with Crippen molar-refractivity contribution in [2.24, 2.45) is 0 Å². The molecular formula is C17H15N5OS2. The van der Waals surface area contributed by atoms with E-state index in [1.807, 2.05) is 41.1 Å². The Morgan fingerprint density at radius 3 is 2.88 bits per heavy atom. The molecule has 0 saturated carbocycles. The zero-order valence-electron chi connectivity index (χ0n) is 13.7. The van der Waals surface area contributed by atoms with Crippen molar-refractivity contribution in [2.45, 2.75) is 24.8 Å². The average Bonchev–Trinajstić information content (AvgIpc) is 3.21. The van der Waals surface area contributed by atoms with Gasteiger partial charge in [0.05, 0.1) is 17.0 Å². The fourth-order valence-electron chi connectivity index (χ4n) is 2.65. The summed E-state index contributed by atoms with van der Waals surface area (Å²) in [7, 11) is 0. The highest BCUT2D eigenvalue weighted by atomic mass is 32.2.